The van der Waals surface area contributed by atoms with E-state index < -0.39 is 5.97 Å². The zero-order valence-corrected chi connectivity index (χ0v) is 9.94. The molecule has 6 heteroatoms. The molecule has 0 amide bonds. The van der Waals surface area contributed by atoms with Crippen molar-refractivity contribution in [3.05, 3.63) is 36.2 Å². The summed E-state index contributed by atoms with van der Waals surface area (Å²) in [5.41, 5.74) is 0.407. The van der Waals surface area contributed by atoms with Crippen LogP contribution in [0.5, 0.6) is 5.75 Å². The third-order valence-electron chi connectivity index (χ3n) is 1.86. The minimum absolute atomic E-state index is 0.191. The van der Waals surface area contributed by atoms with Gasteiger partial charge >= 0.3 is 5.97 Å². The molecule has 0 fully saturated rings. The largest absolute Gasteiger partial charge is 0.487 e. The minimum atomic E-state index is -0.413. The van der Waals surface area contributed by atoms with Crippen molar-refractivity contribution in [1.29, 1.82) is 0 Å². The molecule has 0 spiro atoms. The van der Waals surface area contributed by atoms with Crippen molar-refractivity contribution in [1.82, 2.24) is 4.98 Å². The second-order valence-electron chi connectivity index (χ2n) is 3.10. The van der Waals surface area contributed by atoms with Gasteiger partial charge in [0, 0.05) is 12.3 Å². The number of aromatic nitrogens is 1. The van der Waals surface area contributed by atoms with Crippen LogP contribution in [0.1, 0.15) is 12.6 Å². The molecule has 1 heterocycles. The Morgan fingerprint density at radius 3 is 3.17 bits per heavy atom. The number of nitrogens with zero attached hydrogens (tertiary/aromatic N) is 2. The van der Waals surface area contributed by atoms with Gasteiger partial charge in [0.25, 0.3) is 0 Å². The van der Waals surface area contributed by atoms with Gasteiger partial charge in [0.15, 0.2) is 0 Å². The highest BCUT2D eigenvalue weighted by atomic mass is 16.5. The minimum Gasteiger partial charge on any atom is -0.487 e. The number of pyridine rings is 1. The van der Waals surface area contributed by atoms with Crippen molar-refractivity contribution in [2.24, 2.45) is 5.16 Å². The molecule has 1 aromatic heterocycles. The number of esters is 1. The average molecular weight is 250 g/mol. The van der Waals surface area contributed by atoms with Crippen molar-refractivity contribution >= 4 is 12.2 Å². The molecule has 0 atom stereocenters. The van der Waals surface area contributed by atoms with Crippen LogP contribution in [-0.4, -0.2) is 35.6 Å². The van der Waals surface area contributed by atoms with Crippen LogP contribution in [0.3, 0.4) is 0 Å². The third kappa shape index (κ3) is 4.65. The van der Waals surface area contributed by atoms with Crippen LogP contribution in [0.2, 0.25) is 0 Å². The Hall–Kier alpha value is -2.37. The number of carbonyl (C=O) groups excluding carboxylic acids is 1. The van der Waals surface area contributed by atoms with E-state index in [-0.39, 0.29) is 6.61 Å². The van der Waals surface area contributed by atoms with Gasteiger partial charge in [0.2, 0.25) is 0 Å². The van der Waals surface area contributed by atoms with E-state index in [2.05, 4.69) is 10.1 Å². The van der Waals surface area contributed by atoms with Gasteiger partial charge in [-0.05, 0) is 25.1 Å². The van der Waals surface area contributed by atoms with Gasteiger partial charge in [-0.1, -0.05) is 5.16 Å². The molecule has 0 saturated carbocycles. The topological polar surface area (TPSA) is 81.0 Å². The Morgan fingerprint density at radius 2 is 2.44 bits per heavy atom. The van der Waals surface area contributed by atoms with Crippen molar-refractivity contribution < 1.29 is 19.5 Å². The lowest BCUT2D eigenvalue weighted by molar-refractivity contribution is -0.137. The first-order valence-corrected chi connectivity index (χ1v) is 5.36. The van der Waals surface area contributed by atoms with Crippen LogP contribution in [0, 0.1) is 0 Å². The monoisotopic (exact) mass is 250 g/mol. The highest BCUT2D eigenvalue weighted by Gasteiger charge is 2.01. The lowest BCUT2D eigenvalue weighted by atomic mass is 10.3. The van der Waals surface area contributed by atoms with Gasteiger partial charge in [0.1, 0.15) is 18.1 Å². The molecule has 1 N–H and O–H groups in total. The molecule has 6 nitrogen and oxygen atoms in total. The summed E-state index contributed by atoms with van der Waals surface area (Å²) in [6.45, 7) is 2.26. The Bertz CT molecular complexity index is 443. The molecule has 96 valence electrons. The zero-order chi connectivity index (χ0) is 13.2. The molecule has 0 radical (unpaired) electrons. The van der Waals surface area contributed by atoms with Crippen molar-refractivity contribution in [2.75, 3.05) is 13.2 Å². The first-order valence-electron chi connectivity index (χ1n) is 5.36. The van der Waals surface area contributed by atoms with E-state index >= 15 is 0 Å². The highest BCUT2D eigenvalue weighted by molar-refractivity contribution is 5.82. The maximum absolute atomic E-state index is 11.0. The van der Waals surface area contributed by atoms with Crippen LogP contribution in [-0.2, 0) is 9.53 Å². The molecule has 18 heavy (non-hydrogen) atoms. The summed E-state index contributed by atoms with van der Waals surface area (Å²) >= 11 is 0. The summed E-state index contributed by atoms with van der Waals surface area (Å²) in [4.78, 5) is 15.0. The summed E-state index contributed by atoms with van der Waals surface area (Å²) in [5, 5.41) is 11.3. The van der Waals surface area contributed by atoms with Gasteiger partial charge in [-0.25, -0.2) is 4.79 Å². The fourth-order valence-corrected chi connectivity index (χ4v) is 1.15. The number of rotatable bonds is 6. The average Bonchev–Trinajstić information content (AvgIpc) is 2.37. The number of hydrogen-bond donors (Lipinski definition) is 1. The van der Waals surface area contributed by atoms with Gasteiger partial charge in [-0.15, -0.1) is 0 Å². The predicted molar refractivity (Wildman–Crippen MR) is 64.9 cm³/mol. The fourth-order valence-electron chi connectivity index (χ4n) is 1.15. The number of hydrogen-bond acceptors (Lipinski definition) is 6. The SMILES string of the molecule is CCOC(=O)C=CCOc1cccnc1C=NO. The molecule has 0 bridgehead atoms. The van der Waals surface area contributed by atoms with Crippen LogP contribution < -0.4 is 4.74 Å². The third-order valence-corrected chi connectivity index (χ3v) is 1.86. The number of ether oxygens (including phenoxy) is 2. The number of carbonyl (C=O) groups is 1. The smallest absolute Gasteiger partial charge is 0.330 e. The fraction of sp³-hybridized carbons (Fsp3) is 0.250. The Balaban J connectivity index is 2.51. The van der Waals surface area contributed by atoms with Gasteiger partial charge < -0.3 is 14.7 Å². The van der Waals surface area contributed by atoms with Gasteiger partial charge in [0.05, 0.1) is 12.8 Å². The van der Waals surface area contributed by atoms with Crippen molar-refractivity contribution in [2.45, 2.75) is 6.92 Å². The lowest BCUT2D eigenvalue weighted by Crippen LogP contribution is -2.02. The molecule has 0 aromatic carbocycles. The molecule has 0 aliphatic heterocycles. The summed E-state index contributed by atoms with van der Waals surface area (Å²) in [6.07, 6.45) is 5.55. The lowest BCUT2D eigenvalue weighted by Gasteiger charge is -2.04. The number of oxime groups is 1. The van der Waals surface area contributed by atoms with E-state index in [1.165, 1.54) is 18.4 Å². The Kier molecular flexibility index (Phi) is 5.96. The standard InChI is InChI=1S/C12H14N2O4/c1-2-17-12(15)6-4-8-18-11-5-3-7-13-10(11)9-14-16/h3-7,9,16H,2,8H2,1H3. The van der Waals surface area contributed by atoms with Crippen LogP contribution in [0.4, 0.5) is 0 Å². The van der Waals surface area contributed by atoms with Crippen LogP contribution in [0.15, 0.2) is 35.6 Å². The van der Waals surface area contributed by atoms with E-state index in [1.54, 1.807) is 25.3 Å². The maximum Gasteiger partial charge on any atom is 0.330 e. The van der Waals surface area contributed by atoms with Crippen molar-refractivity contribution in [3.63, 3.8) is 0 Å². The second-order valence-corrected chi connectivity index (χ2v) is 3.10. The predicted octanol–water partition coefficient (Wildman–Crippen LogP) is 1.39. The van der Waals surface area contributed by atoms with Crippen LogP contribution >= 0.6 is 0 Å². The summed E-state index contributed by atoms with van der Waals surface area (Å²) in [5.74, 6) is 0.0493. The second kappa shape index (κ2) is 7.83. The molecule has 1 aromatic rings. The maximum atomic E-state index is 11.0. The van der Waals surface area contributed by atoms with Crippen LogP contribution in [0.25, 0.3) is 0 Å². The first-order chi connectivity index (χ1) is 8.77. The molecule has 0 aliphatic rings. The molecule has 0 unspecified atom stereocenters. The summed E-state index contributed by atoms with van der Waals surface area (Å²) in [6, 6.07) is 3.38. The summed E-state index contributed by atoms with van der Waals surface area (Å²) < 4.78 is 10.1. The van der Waals surface area contributed by atoms with Crippen molar-refractivity contribution in [3.8, 4) is 5.75 Å². The molecule has 0 saturated heterocycles. The first kappa shape index (κ1) is 13.7. The summed E-state index contributed by atoms with van der Waals surface area (Å²) in [7, 11) is 0. The highest BCUT2D eigenvalue weighted by Crippen LogP contribution is 2.12. The van der Waals surface area contributed by atoms with E-state index in [9.17, 15) is 4.79 Å². The van der Waals surface area contributed by atoms with Gasteiger partial charge in [-0.2, -0.15) is 0 Å². The van der Waals surface area contributed by atoms with E-state index in [1.807, 2.05) is 0 Å². The Labute approximate surface area is 105 Å². The van der Waals surface area contributed by atoms with E-state index in [0.29, 0.717) is 18.1 Å². The van der Waals surface area contributed by atoms with E-state index in [4.69, 9.17) is 14.7 Å². The quantitative estimate of drug-likeness (QED) is 0.271. The zero-order valence-electron chi connectivity index (χ0n) is 9.94. The molecule has 0 aliphatic carbocycles. The molecular weight excluding hydrogens is 236 g/mol. The Morgan fingerprint density at radius 1 is 1.61 bits per heavy atom. The van der Waals surface area contributed by atoms with Gasteiger partial charge in [-0.3, -0.25) is 4.98 Å². The molecule has 1 rings (SSSR count). The van der Waals surface area contributed by atoms with E-state index in [0.717, 1.165) is 0 Å². The normalized spacial score (nSPS) is 10.9. The molecular formula is C12H14N2O4.